The molecule has 6 N–H and O–H groups in total. The molecule has 0 aromatic rings. The number of alkyl carbamates (subject to hydrolysis) is 1. The number of nitrogens with one attached hydrogen (secondary N) is 6. The van der Waals surface area contributed by atoms with Crippen LogP contribution in [0.3, 0.4) is 0 Å². The van der Waals surface area contributed by atoms with Crippen LogP contribution in [-0.2, 0) is 28.7 Å². The van der Waals surface area contributed by atoms with Crippen LogP contribution in [0.5, 0.6) is 0 Å². The van der Waals surface area contributed by atoms with E-state index in [0.29, 0.717) is 18.8 Å². The number of unbranched alkanes of at least 4 members (excludes halogenated alkanes) is 1. The van der Waals surface area contributed by atoms with E-state index in [9.17, 15) is 24.0 Å². The molecule has 1 unspecified atom stereocenters. The Morgan fingerprint density at radius 1 is 0.698 bits per heavy atom. The highest BCUT2D eigenvalue weighted by Gasteiger charge is 2.24. The summed E-state index contributed by atoms with van der Waals surface area (Å²) in [5, 5.41) is 17.2. The molecule has 0 aliphatic carbocycles. The zero-order valence-electron chi connectivity index (χ0n) is 27.2. The van der Waals surface area contributed by atoms with E-state index in [2.05, 4.69) is 38.8 Å². The second-order valence-electron chi connectivity index (χ2n) is 12.0. The first-order valence-electron chi connectivity index (χ1n) is 15.2. The van der Waals surface area contributed by atoms with E-state index in [1.807, 2.05) is 0 Å². The molecular weight excluding hydrogens is 576 g/mol. The van der Waals surface area contributed by atoms with Crippen molar-refractivity contribution in [3.8, 4) is 0 Å². The normalized spacial score (nSPS) is 12.2. The summed E-state index contributed by atoms with van der Waals surface area (Å²) in [6, 6.07) is -0.637. The van der Waals surface area contributed by atoms with Crippen molar-refractivity contribution in [3.05, 3.63) is 0 Å². The monoisotopic (exact) mass is 632 g/mol. The summed E-state index contributed by atoms with van der Waals surface area (Å²) >= 11 is 1.63. The zero-order chi connectivity index (χ0) is 32.7. The molecule has 1 atom stereocenters. The van der Waals surface area contributed by atoms with Gasteiger partial charge in [-0.15, -0.1) is 0 Å². The SMILES string of the molecule is CCCSCC(NC(=O)OC(C)(C)C)C(=O)NCCCNCCCCNCCCNC(=O)CNC(=O)C(=O)OC(C)(C)C. The van der Waals surface area contributed by atoms with E-state index < -0.39 is 35.2 Å². The molecule has 43 heavy (non-hydrogen) atoms. The van der Waals surface area contributed by atoms with Crippen molar-refractivity contribution in [1.29, 1.82) is 0 Å². The second kappa shape index (κ2) is 22.9. The van der Waals surface area contributed by atoms with Crippen LogP contribution in [0.1, 0.15) is 80.6 Å². The zero-order valence-corrected chi connectivity index (χ0v) is 28.1. The molecule has 0 radical (unpaired) electrons. The molecule has 0 spiro atoms. The van der Waals surface area contributed by atoms with Crippen molar-refractivity contribution in [2.24, 2.45) is 0 Å². The third-order valence-electron chi connectivity index (χ3n) is 5.27. The van der Waals surface area contributed by atoms with Gasteiger partial charge in [0.2, 0.25) is 11.8 Å². The maximum Gasteiger partial charge on any atom is 0.408 e. The molecular formula is C29H56N6O7S. The molecule has 13 nitrogen and oxygen atoms in total. The van der Waals surface area contributed by atoms with Crippen molar-refractivity contribution in [3.63, 3.8) is 0 Å². The Kier molecular flexibility index (Phi) is 21.5. The molecule has 0 bridgehead atoms. The van der Waals surface area contributed by atoms with Crippen molar-refractivity contribution < 1.29 is 33.4 Å². The average molecular weight is 633 g/mol. The lowest BCUT2D eigenvalue weighted by Gasteiger charge is -2.23. The maximum absolute atomic E-state index is 12.6. The van der Waals surface area contributed by atoms with Gasteiger partial charge in [-0.25, -0.2) is 9.59 Å². The predicted octanol–water partition coefficient (Wildman–Crippen LogP) is 1.45. The van der Waals surface area contributed by atoms with Crippen molar-refractivity contribution in [2.45, 2.75) is 97.8 Å². The number of hydrogen-bond donors (Lipinski definition) is 6. The minimum Gasteiger partial charge on any atom is -0.453 e. The minimum absolute atomic E-state index is 0.204. The topological polar surface area (TPSA) is 176 Å². The van der Waals surface area contributed by atoms with E-state index in [-0.39, 0.29) is 18.4 Å². The van der Waals surface area contributed by atoms with Crippen molar-refractivity contribution >= 4 is 41.5 Å². The molecule has 0 saturated carbocycles. The van der Waals surface area contributed by atoms with Crippen LogP contribution in [-0.4, -0.2) is 104 Å². The highest BCUT2D eigenvalue weighted by molar-refractivity contribution is 7.99. The Hall–Kier alpha value is -2.58. The van der Waals surface area contributed by atoms with Gasteiger partial charge in [0.25, 0.3) is 0 Å². The number of thioether (sulfide) groups is 1. The van der Waals surface area contributed by atoms with Gasteiger partial charge in [0.05, 0.1) is 6.54 Å². The van der Waals surface area contributed by atoms with Gasteiger partial charge in [0.15, 0.2) is 0 Å². The van der Waals surface area contributed by atoms with Crippen LogP contribution in [0, 0.1) is 0 Å². The quantitative estimate of drug-likeness (QED) is 0.0617. The third kappa shape index (κ3) is 25.6. The fourth-order valence-corrected chi connectivity index (χ4v) is 4.26. The summed E-state index contributed by atoms with van der Waals surface area (Å²) in [5.41, 5.74) is -1.40. The maximum atomic E-state index is 12.6. The van der Waals surface area contributed by atoms with E-state index in [4.69, 9.17) is 9.47 Å². The molecule has 0 aromatic heterocycles. The Morgan fingerprint density at radius 3 is 1.77 bits per heavy atom. The lowest BCUT2D eigenvalue weighted by atomic mass is 10.2. The Balaban J connectivity index is 3.81. The summed E-state index contributed by atoms with van der Waals surface area (Å²) in [7, 11) is 0. The van der Waals surface area contributed by atoms with Gasteiger partial charge in [-0.05, 0) is 106 Å². The first-order chi connectivity index (χ1) is 20.1. The van der Waals surface area contributed by atoms with Gasteiger partial charge in [-0.3, -0.25) is 14.4 Å². The molecule has 0 rings (SSSR count). The van der Waals surface area contributed by atoms with E-state index in [1.54, 1.807) is 53.3 Å². The third-order valence-corrected chi connectivity index (χ3v) is 6.54. The first-order valence-corrected chi connectivity index (χ1v) is 16.3. The molecule has 0 heterocycles. The highest BCUT2D eigenvalue weighted by atomic mass is 32.2. The Morgan fingerprint density at radius 2 is 1.23 bits per heavy atom. The van der Waals surface area contributed by atoms with Crippen LogP contribution in [0.15, 0.2) is 0 Å². The summed E-state index contributed by atoms with van der Waals surface area (Å²) in [4.78, 5) is 59.8. The smallest absolute Gasteiger partial charge is 0.408 e. The van der Waals surface area contributed by atoms with Crippen LogP contribution in [0.4, 0.5) is 4.79 Å². The van der Waals surface area contributed by atoms with Gasteiger partial charge in [-0.1, -0.05) is 6.92 Å². The molecule has 14 heteroatoms. The van der Waals surface area contributed by atoms with Gasteiger partial charge < -0.3 is 41.4 Å². The van der Waals surface area contributed by atoms with E-state index in [0.717, 1.165) is 64.0 Å². The Bertz CT molecular complexity index is 846. The van der Waals surface area contributed by atoms with Crippen LogP contribution in [0.25, 0.3) is 0 Å². The van der Waals surface area contributed by atoms with Crippen LogP contribution < -0.4 is 31.9 Å². The number of carbonyl (C=O) groups is 5. The van der Waals surface area contributed by atoms with Gasteiger partial charge >= 0.3 is 18.0 Å². The molecule has 0 aliphatic heterocycles. The second-order valence-corrected chi connectivity index (χ2v) is 13.2. The molecule has 0 fully saturated rings. The summed E-state index contributed by atoms with van der Waals surface area (Å²) in [6.45, 7) is 16.4. The summed E-state index contributed by atoms with van der Waals surface area (Å²) in [5.74, 6) is -1.12. The molecule has 0 aromatic carbocycles. The number of esters is 1. The first kappa shape index (κ1) is 40.4. The lowest BCUT2D eigenvalue weighted by Crippen LogP contribution is -2.50. The number of amides is 4. The fourth-order valence-electron chi connectivity index (χ4n) is 3.34. The van der Waals surface area contributed by atoms with Crippen molar-refractivity contribution in [1.82, 2.24) is 31.9 Å². The van der Waals surface area contributed by atoms with Crippen molar-refractivity contribution in [2.75, 3.05) is 57.3 Å². The van der Waals surface area contributed by atoms with Gasteiger partial charge in [-0.2, -0.15) is 11.8 Å². The number of carbonyl (C=O) groups excluding carboxylic acids is 5. The van der Waals surface area contributed by atoms with Gasteiger partial charge in [0, 0.05) is 18.8 Å². The molecule has 4 amide bonds. The number of ether oxygens (including phenoxy) is 2. The fraction of sp³-hybridized carbons (Fsp3) is 0.828. The average Bonchev–Trinajstić information content (AvgIpc) is 2.89. The van der Waals surface area contributed by atoms with Crippen LogP contribution in [0.2, 0.25) is 0 Å². The predicted molar refractivity (Wildman–Crippen MR) is 170 cm³/mol. The summed E-state index contributed by atoms with van der Waals surface area (Å²) < 4.78 is 10.2. The standard InChI is InChI=1S/C29H56N6O7S/c1-8-19-43-21-22(35-27(40)42-29(5,6)7)24(37)33-18-12-16-31-14-10-9-13-30-15-11-17-32-23(36)20-34-25(38)26(39)41-28(2,3)4/h22,30-31H,8-21H2,1-7H3,(H,32,36)(H,33,37)(H,34,38)(H,35,40). The lowest BCUT2D eigenvalue weighted by molar-refractivity contribution is -0.163. The number of rotatable bonds is 21. The highest BCUT2D eigenvalue weighted by Crippen LogP contribution is 2.09. The van der Waals surface area contributed by atoms with E-state index >= 15 is 0 Å². The van der Waals surface area contributed by atoms with Crippen LogP contribution >= 0.6 is 11.8 Å². The largest absolute Gasteiger partial charge is 0.453 e. The summed E-state index contributed by atoms with van der Waals surface area (Å²) in [6.07, 6.45) is 3.93. The van der Waals surface area contributed by atoms with E-state index in [1.165, 1.54) is 0 Å². The van der Waals surface area contributed by atoms with Gasteiger partial charge in [0.1, 0.15) is 17.2 Å². The minimum atomic E-state index is -1.01. The molecule has 250 valence electrons. The molecule has 0 aliphatic rings. The Labute approximate surface area is 261 Å². The molecule has 0 saturated heterocycles. The number of hydrogen-bond acceptors (Lipinski definition) is 10.